The molecule has 1 atom stereocenters. The molecule has 0 aliphatic heterocycles. The third-order valence-electron chi connectivity index (χ3n) is 2.30. The first-order valence-corrected chi connectivity index (χ1v) is 4.85. The van der Waals surface area contributed by atoms with Gasteiger partial charge in [-0.05, 0) is 24.1 Å². The standard InChI is InChI=1S/C12H16N2O/c1-3-4-5-12(14-13)10-6-8-11(15-2)9-7-10/h1,6-9,12,14H,4-5,13H2,2H3. The highest BCUT2D eigenvalue weighted by Crippen LogP contribution is 2.20. The van der Waals surface area contributed by atoms with Crippen molar-refractivity contribution in [3.8, 4) is 18.1 Å². The zero-order valence-corrected chi connectivity index (χ0v) is 8.86. The van der Waals surface area contributed by atoms with Gasteiger partial charge in [0.15, 0.2) is 0 Å². The second kappa shape index (κ2) is 6.07. The van der Waals surface area contributed by atoms with Crippen molar-refractivity contribution >= 4 is 0 Å². The quantitative estimate of drug-likeness (QED) is 0.435. The minimum Gasteiger partial charge on any atom is -0.497 e. The fourth-order valence-electron chi connectivity index (χ4n) is 1.41. The molecule has 1 rings (SSSR count). The van der Waals surface area contributed by atoms with Crippen molar-refractivity contribution in [1.29, 1.82) is 0 Å². The van der Waals surface area contributed by atoms with Crippen LogP contribution in [0.5, 0.6) is 5.75 Å². The lowest BCUT2D eigenvalue weighted by Gasteiger charge is -2.15. The van der Waals surface area contributed by atoms with E-state index in [0.717, 1.165) is 17.7 Å². The molecule has 3 nitrogen and oxygen atoms in total. The van der Waals surface area contributed by atoms with E-state index in [-0.39, 0.29) is 6.04 Å². The van der Waals surface area contributed by atoms with Crippen molar-refractivity contribution in [2.24, 2.45) is 5.84 Å². The van der Waals surface area contributed by atoms with Gasteiger partial charge >= 0.3 is 0 Å². The average molecular weight is 204 g/mol. The minimum absolute atomic E-state index is 0.104. The third-order valence-corrected chi connectivity index (χ3v) is 2.30. The number of hydrazine groups is 1. The number of benzene rings is 1. The largest absolute Gasteiger partial charge is 0.497 e. The summed E-state index contributed by atoms with van der Waals surface area (Å²) in [5.74, 6) is 8.91. The summed E-state index contributed by atoms with van der Waals surface area (Å²) in [5.41, 5.74) is 3.87. The highest BCUT2D eigenvalue weighted by atomic mass is 16.5. The second-order valence-corrected chi connectivity index (χ2v) is 3.24. The lowest BCUT2D eigenvalue weighted by molar-refractivity contribution is 0.414. The number of rotatable bonds is 5. The predicted octanol–water partition coefficient (Wildman–Crippen LogP) is 1.61. The first kappa shape index (κ1) is 11.6. The number of nitrogens with one attached hydrogen (secondary N) is 1. The molecule has 0 fully saturated rings. The van der Waals surface area contributed by atoms with Gasteiger partial charge in [-0.3, -0.25) is 11.3 Å². The Morgan fingerprint density at radius 3 is 2.60 bits per heavy atom. The van der Waals surface area contributed by atoms with E-state index in [1.165, 1.54) is 0 Å². The van der Waals surface area contributed by atoms with Crippen LogP contribution in [0.15, 0.2) is 24.3 Å². The molecule has 0 radical (unpaired) electrons. The smallest absolute Gasteiger partial charge is 0.118 e. The summed E-state index contributed by atoms with van der Waals surface area (Å²) in [7, 11) is 1.64. The Bertz CT molecular complexity index is 326. The van der Waals surface area contributed by atoms with Crippen LogP contribution in [-0.4, -0.2) is 7.11 Å². The zero-order valence-electron chi connectivity index (χ0n) is 8.86. The van der Waals surface area contributed by atoms with E-state index in [1.807, 2.05) is 24.3 Å². The monoisotopic (exact) mass is 204 g/mol. The molecule has 1 aromatic rings. The molecule has 0 bridgehead atoms. The minimum atomic E-state index is 0.104. The maximum Gasteiger partial charge on any atom is 0.118 e. The van der Waals surface area contributed by atoms with Gasteiger partial charge in [0, 0.05) is 12.5 Å². The predicted molar refractivity (Wildman–Crippen MR) is 61.1 cm³/mol. The summed E-state index contributed by atoms with van der Waals surface area (Å²) < 4.78 is 5.08. The molecule has 0 saturated carbocycles. The Labute approximate surface area is 90.6 Å². The molecule has 0 aliphatic carbocycles. The van der Waals surface area contributed by atoms with Crippen molar-refractivity contribution in [2.45, 2.75) is 18.9 Å². The van der Waals surface area contributed by atoms with Crippen LogP contribution in [0.4, 0.5) is 0 Å². The van der Waals surface area contributed by atoms with Gasteiger partial charge in [0.1, 0.15) is 5.75 Å². The molecular formula is C12H16N2O. The highest BCUT2D eigenvalue weighted by molar-refractivity contribution is 5.29. The van der Waals surface area contributed by atoms with Crippen molar-refractivity contribution < 1.29 is 4.74 Å². The van der Waals surface area contributed by atoms with E-state index in [9.17, 15) is 0 Å². The molecule has 0 saturated heterocycles. The van der Waals surface area contributed by atoms with E-state index in [4.69, 9.17) is 17.0 Å². The maximum atomic E-state index is 5.47. The van der Waals surface area contributed by atoms with E-state index < -0.39 is 0 Å². The third kappa shape index (κ3) is 3.28. The van der Waals surface area contributed by atoms with Crippen LogP contribution in [0.3, 0.4) is 0 Å². The SMILES string of the molecule is C#CCCC(NN)c1ccc(OC)cc1. The van der Waals surface area contributed by atoms with Gasteiger partial charge in [0.05, 0.1) is 7.11 Å². The highest BCUT2D eigenvalue weighted by Gasteiger charge is 2.08. The summed E-state index contributed by atoms with van der Waals surface area (Å²) in [6, 6.07) is 7.90. The molecule has 0 heterocycles. The van der Waals surface area contributed by atoms with E-state index in [0.29, 0.717) is 6.42 Å². The van der Waals surface area contributed by atoms with E-state index >= 15 is 0 Å². The molecule has 1 aromatic carbocycles. The molecule has 0 aromatic heterocycles. The Kier molecular flexibility index (Phi) is 4.69. The Morgan fingerprint density at radius 2 is 2.13 bits per heavy atom. The molecule has 0 aliphatic rings. The fourth-order valence-corrected chi connectivity index (χ4v) is 1.41. The Morgan fingerprint density at radius 1 is 1.47 bits per heavy atom. The van der Waals surface area contributed by atoms with Gasteiger partial charge < -0.3 is 4.74 Å². The molecule has 3 heteroatoms. The summed E-state index contributed by atoms with van der Waals surface area (Å²) >= 11 is 0. The van der Waals surface area contributed by atoms with Crippen molar-refractivity contribution in [3.63, 3.8) is 0 Å². The normalized spacial score (nSPS) is 11.8. The number of hydrogen-bond donors (Lipinski definition) is 2. The molecule has 1 unspecified atom stereocenters. The number of terminal acetylenes is 1. The molecule has 80 valence electrons. The van der Waals surface area contributed by atoms with Gasteiger partial charge in [-0.2, -0.15) is 0 Å². The number of nitrogens with two attached hydrogens (primary N) is 1. The van der Waals surface area contributed by atoms with Gasteiger partial charge in [0.25, 0.3) is 0 Å². The van der Waals surface area contributed by atoms with Crippen LogP contribution in [0, 0.1) is 12.3 Å². The van der Waals surface area contributed by atoms with Gasteiger partial charge in [0.2, 0.25) is 0 Å². The van der Waals surface area contributed by atoms with Crippen LogP contribution < -0.4 is 16.0 Å². The summed E-state index contributed by atoms with van der Waals surface area (Å²) in [6.45, 7) is 0. The van der Waals surface area contributed by atoms with Crippen molar-refractivity contribution in [3.05, 3.63) is 29.8 Å². The number of methoxy groups -OCH3 is 1. The van der Waals surface area contributed by atoms with Crippen LogP contribution in [-0.2, 0) is 0 Å². The van der Waals surface area contributed by atoms with Gasteiger partial charge in [-0.15, -0.1) is 12.3 Å². The number of hydrogen-bond acceptors (Lipinski definition) is 3. The van der Waals surface area contributed by atoms with Crippen LogP contribution in [0.1, 0.15) is 24.4 Å². The van der Waals surface area contributed by atoms with E-state index in [1.54, 1.807) is 7.11 Å². The van der Waals surface area contributed by atoms with Crippen molar-refractivity contribution in [2.75, 3.05) is 7.11 Å². The summed E-state index contributed by atoms with van der Waals surface area (Å²) in [5, 5.41) is 0. The fraction of sp³-hybridized carbons (Fsp3) is 0.333. The summed E-state index contributed by atoms with van der Waals surface area (Å²) in [6.07, 6.45) is 6.76. The van der Waals surface area contributed by atoms with E-state index in [2.05, 4.69) is 11.3 Å². The molecule has 0 spiro atoms. The van der Waals surface area contributed by atoms with Crippen LogP contribution >= 0.6 is 0 Å². The topological polar surface area (TPSA) is 47.3 Å². The molecule has 0 amide bonds. The Balaban J connectivity index is 2.70. The second-order valence-electron chi connectivity index (χ2n) is 3.24. The molecular weight excluding hydrogens is 188 g/mol. The van der Waals surface area contributed by atoms with Gasteiger partial charge in [-0.25, -0.2) is 0 Å². The summed E-state index contributed by atoms with van der Waals surface area (Å²) in [4.78, 5) is 0. The molecule has 15 heavy (non-hydrogen) atoms. The first-order valence-electron chi connectivity index (χ1n) is 4.85. The first-order chi connectivity index (χ1) is 7.31. The van der Waals surface area contributed by atoms with Crippen LogP contribution in [0.2, 0.25) is 0 Å². The average Bonchev–Trinajstić information content (AvgIpc) is 2.31. The van der Waals surface area contributed by atoms with Gasteiger partial charge in [-0.1, -0.05) is 12.1 Å². The molecule has 3 N–H and O–H groups in total. The Hall–Kier alpha value is -1.50. The maximum absolute atomic E-state index is 5.47. The lowest BCUT2D eigenvalue weighted by Crippen LogP contribution is -2.27. The number of ether oxygens (including phenoxy) is 1. The zero-order chi connectivity index (χ0) is 11.1. The lowest BCUT2D eigenvalue weighted by atomic mass is 10.0. The van der Waals surface area contributed by atoms with Crippen LogP contribution in [0.25, 0.3) is 0 Å². The van der Waals surface area contributed by atoms with Crippen molar-refractivity contribution in [1.82, 2.24) is 5.43 Å².